The van der Waals surface area contributed by atoms with Gasteiger partial charge in [0.2, 0.25) is 0 Å². The maximum atomic E-state index is 6.21. The molecule has 0 aliphatic heterocycles. The van der Waals surface area contributed by atoms with Crippen molar-refractivity contribution in [3.63, 3.8) is 0 Å². The molecule has 2 aromatic rings. The Hall–Kier alpha value is -1.67. The van der Waals surface area contributed by atoms with Gasteiger partial charge in [-0.1, -0.05) is 42.8 Å². The molecule has 0 saturated carbocycles. The van der Waals surface area contributed by atoms with Gasteiger partial charge in [0, 0.05) is 5.69 Å². The first-order valence-corrected chi connectivity index (χ1v) is 7.75. The molecule has 3 rings (SSSR count). The van der Waals surface area contributed by atoms with Gasteiger partial charge in [-0.05, 0) is 48.1 Å². The van der Waals surface area contributed by atoms with Crippen LogP contribution in [-0.4, -0.2) is 7.11 Å². The van der Waals surface area contributed by atoms with Gasteiger partial charge < -0.3 is 10.1 Å². The van der Waals surface area contributed by atoms with Crippen LogP contribution in [0.25, 0.3) is 0 Å². The Balaban J connectivity index is 1.86. The summed E-state index contributed by atoms with van der Waals surface area (Å²) in [7, 11) is 1.63. The predicted molar refractivity (Wildman–Crippen MR) is 88.5 cm³/mol. The topological polar surface area (TPSA) is 21.3 Å². The quantitative estimate of drug-likeness (QED) is 0.819. The summed E-state index contributed by atoms with van der Waals surface area (Å²) < 4.78 is 5.20. The maximum Gasteiger partial charge on any atom is 0.137 e. The van der Waals surface area contributed by atoms with Crippen molar-refractivity contribution in [2.75, 3.05) is 12.4 Å². The summed E-state index contributed by atoms with van der Waals surface area (Å²) >= 11 is 6.21. The zero-order chi connectivity index (χ0) is 14.8. The summed E-state index contributed by atoms with van der Waals surface area (Å²) in [6.45, 7) is 2.30. The van der Waals surface area contributed by atoms with Crippen molar-refractivity contribution in [3.8, 4) is 5.75 Å². The number of nitrogens with one attached hydrogen (secondary N) is 1. The first-order chi connectivity index (χ1) is 10.2. The minimum atomic E-state index is 0.349. The molecule has 0 saturated heterocycles. The van der Waals surface area contributed by atoms with Gasteiger partial charge in [0.05, 0.1) is 18.2 Å². The summed E-state index contributed by atoms with van der Waals surface area (Å²) in [5.41, 5.74) is 3.90. The highest BCUT2D eigenvalue weighted by Gasteiger charge is 2.24. The van der Waals surface area contributed by atoms with E-state index in [9.17, 15) is 0 Å². The van der Waals surface area contributed by atoms with Gasteiger partial charge in [-0.3, -0.25) is 0 Å². The van der Waals surface area contributed by atoms with Crippen LogP contribution in [0.5, 0.6) is 5.75 Å². The minimum Gasteiger partial charge on any atom is -0.495 e. The molecule has 0 bridgehead atoms. The lowest BCUT2D eigenvalue weighted by molar-refractivity contribution is 0.415. The fraction of sp³-hybridized carbons (Fsp3) is 0.333. The molecule has 0 fully saturated rings. The van der Waals surface area contributed by atoms with Crippen LogP contribution in [0.2, 0.25) is 5.02 Å². The Morgan fingerprint density at radius 3 is 2.57 bits per heavy atom. The van der Waals surface area contributed by atoms with Crippen molar-refractivity contribution in [2.24, 2.45) is 0 Å². The van der Waals surface area contributed by atoms with Crippen molar-refractivity contribution in [1.82, 2.24) is 0 Å². The highest BCUT2D eigenvalue weighted by molar-refractivity contribution is 6.32. The fourth-order valence-electron chi connectivity index (χ4n) is 3.11. The molecule has 2 nitrogen and oxygen atoms in total. The van der Waals surface area contributed by atoms with E-state index in [-0.39, 0.29) is 0 Å². The summed E-state index contributed by atoms with van der Waals surface area (Å²) in [6.07, 6.45) is 2.35. The third-order valence-corrected chi connectivity index (χ3v) is 4.58. The van der Waals surface area contributed by atoms with Gasteiger partial charge in [0.15, 0.2) is 0 Å². The Morgan fingerprint density at radius 2 is 1.86 bits per heavy atom. The van der Waals surface area contributed by atoms with E-state index in [0.717, 1.165) is 12.1 Å². The van der Waals surface area contributed by atoms with E-state index in [4.69, 9.17) is 16.3 Å². The lowest BCUT2D eigenvalue weighted by Gasteiger charge is -2.31. The largest absolute Gasteiger partial charge is 0.495 e. The number of methoxy groups -OCH3 is 1. The molecule has 0 aromatic heterocycles. The van der Waals surface area contributed by atoms with Gasteiger partial charge in [-0.15, -0.1) is 0 Å². The summed E-state index contributed by atoms with van der Waals surface area (Å²) in [4.78, 5) is 0. The van der Waals surface area contributed by atoms with Crippen LogP contribution >= 0.6 is 11.6 Å². The highest BCUT2D eigenvalue weighted by Crippen LogP contribution is 2.39. The minimum absolute atomic E-state index is 0.349. The molecule has 0 amide bonds. The number of ether oxygens (including phenoxy) is 1. The van der Waals surface area contributed by atoms with Crippen LogP contribution in [0.15, 0.2) is 42.5 Å². The molecule has 3 heteroatoms. The Kier molecular flexibility index (Phi) is 4.07. The van der Waals surface area contributed by atoms with E-state index < -0.39 is 0 Å². The van der Waals surface area contributed by atoms with E-state index >= 15 is 0 Å². The van der Waals surface area contributed by atoms with E-state index in [2.05, 4.69) is 36.5 Å². The third kappa shape index (κ3) is 2.86. The summed E-state index contributed by atoms with van der Waals surface area (Å²) in [5.74, 6) is 1.35. The van der Waals surface area contributed by atoms with Crippen molar-refractivity contribution in [3.05, 3.63) is 58.6 Å². The molecule has 1 N–H and O–H groups in total. The van der Waals surface area contributed by atoms with Gasteiger partial charge >= 0.3 is 0 Å². The Labute approximate surface area is 131 Å². The third-order valence-electron chi connectivity index (χ3n) is 4.28. The van der Waals surface area contributed by atoms with E-state index in [1.54, 1.807) is 7.11 Å². The number of anilines is 1. The normalized spacial score (nSPS) is 20.7. The second kappa shape index (κ2) is 5.98. The van der Waals surface area contributed by atoms with Gasteiger partial charge in [-0.25, -0.2) is 0 Å². The fourth-order valence-corrected chi connectivity index (χ4v) is 3.37. The lowest BCUT2D eigenvalue weighted by atomic mass is 9.81. The molecule has 1 aliphatic rings. The van der Waals surface area contributed by atoms with Crippen LogP contribution in [-0.2, 0) is 0 Å². The SMILES string of the molecule is COc1ccc(NC2CCC(C)c3ccccc32)cc1Cl. The second-order valence-electron chi connectivity index (χ2n) is 5.65. The standard InChI is InChI=1S/C18H20ClNO/c1-12-7-9-17(15-6-4-3-5-14(12)15)20-13-8-10-18(21-2)16(19)11-13/h3-6,8,10-12,17,20H,7,9H2,1-2H3. The molecule has 0 radical (unpaired) electrons. The van der Waals surface area contributed by atoms with Crippen molar-refractivity contribution < 1.29 is 4.74 Å². The van der Waals surface area contributed by atoms with Crippen LogP contribution in [0.3, 0.4) is 0 Å². The zero-order valence-electron chi connectivity index (χ0n) is 12.4. The van der Waals surface area contributed by atoms with E-state index in [0.29, 0.717) is 22.7 Å². The molecule has 2 atom stereocenters. The van der Waals surface area contributed by atoms with E-state index in [1.807, 2.05) is 18.2 Å². The van der Waals surface area contributed by atoms with Crippen LogP contribution in [0, 0.1) is 0 Å². The molecule has 2 aromatic carbocycles. The smallest absolute Gasteiger partial charge is 0.137 e. The molecule has 21 heavy (non-hydrogen) atoms. The molecule has 0 heterocycles. The molecule has 110 valence electrons. The molecule has 2 unspecified atom stereocenters. The van der Waals surface area contributed by atoms with Crippen LogP contribution < -0.4 is 10.1 Å². The average molecular weight is 302 g/mol. The highest BCUT2D eigenvalue weighted by atomic mass is 35.5. The molecule has 0 spiro atoms. The van der Waals surface area contributed by atoms with Gasteiger partial charge in [-0.2, -0.15) is 0 Å². The zero-order valence-corrected chi connectivity index (χ0v) is 13.2. The van der Waals surface area contributed by atoms with Gasteiger partial charge in [0.25, 0.3) is 0 Å². The molecular formula is C18H20ClNO. The lowest BCUT2D eigenvalue weighted by Crippen LogP contribution is -2.19. The number of fused-ring (bicyclic) bond motifs is 1. The average Bonchev–Trinajstić information content (AvgIpc) is 2.51. The maximum absolute atomic E-state index is 6.21. The number of hydrogen-bond donors (Lipinski definition) is 1. The Morgan fingerprint density at radius 1 is 1.10 bits per heavy atom. The summed E-state index contributed by atoms with van der Waals surface area (Å²) in [5, 5.41) is 4.25. The van der Waals surface area contributed by atoms with Crippen LogP contribution in [0.4, 0.5) is 5.69 Å². The number of rotatable bonds is 3. The second-order valence-corrected chi connectivity index (χ2v) is 6.06. The number of hydrogen-bond acceptors (Lipinski definition) is 2. The summed E-state index contributed by atoms with van der Waals surface area (Å²) in [6, 6.07) is 14.9. The Bertz CT molecular complexity index is 641. The van der Waals surface area contributed by atoms with Crippen molar-refractivity contribution >= 4 is 17.3 Å². The number of halogens is 1. The van der Waals surface area contributed by atoms with Crippen molar-refractivity contribution in [1.29, 1.82) is 0 Å². The monoisotopic (exact) mass is 301 g/mol. The first kappa shape index (κ1) is 14.3. The molecule has 1 aliphatic carbocycles. The molecular weight excluding hydrogens is 282 g/mol. The predicted octanol–water partition coefficient (Wildman–Crippen LogP) is 5.40. The van der Waals surface area contributed by atoms with E-state index in [1.165, 1.54) is 17.5 Å². The van der Waals surface area contributed by atoms with Gasteiger partial charge in [0.1, 0.15) is 5.75 Å². The first-order valence-electron chi connectivity index (χ1n) is 7.38. The number of benzene rings is 2. The van der Waals surface area contributed by atoms with Crippen LogP contribution in [0.1, 0.15) is 42.9 Å². The van der Waals surface area contributed by atoms with Crippen molar-refractivity contribution in [2.45, 2.75) is 31.7 Å².